The van der Waals surface area contributed by atoms with Crippen LogP contribution in [0.2, 0.25) is 0 Å². The monoisotopic (exact) mass is 492 g/mol. The summed E-state index contributed by atoms with van der Waals surface area (Å²) in [6.45, 7) is 3.86. The summed E-state index contributed by atoms with van der Waals surface area (Å²) in [5.41, 5.74) is 3.71. The molecule has 5 rings (SSSR count). The molecule has 0 saturated heterocycles. The number of benzene rings is 4. The summed E-state index contributed by atoms with van der Waals surface area (Å²) in [6, 6.07) is 22.9. The molecule has 9 heteroatoms. The van der Waals surface area contributed by atoms with Crippen LogP contribution in [0.1, 0.15) is 31.8 Å². The van der Waals surface area contributed by atoms with Gasteiger partial charge in [0.15, 0.2) is 0 Å². The molecule has 37 heavy (non-hydrogen) atoms. The molecule has 0 aliphatic carbocycles. The second-order valence-electron chi connectivity index (χ2n) is 8.53. The van der Waals surface area contributed by atoms with Gasteiger partial charge in [-0.2, -0.15) is 5.11 Å². The number of carbonyl (C=O) groups excluding carboxylic acids is 2. The summed E-state index contributed by atoms with van der Waals surface area (Å²) in [7, 11) is 0. The van der Waals surface area contributed by atoms with E-state index in [4.69, 9.17) is 4.74 Å². The van der Waals surface area contributed by atoms with Gasteiger partial charge in [0.1, 0.15) is 17.2 Å². The maximum atomic E-state index is 13.4. The molecular formula is C28H20N4O5. The van der Waals surface area contributed by atoms with Gasteiger partial charge < -0.3 is 4.74 Å². The minimum atomic E-state index is -0.509. The summed E-state index contributed by atoms with van der Waals surface area (Å²) in [5, 5.41) is 19.5. The number of fused-ring (bicyclic) bond motifs is 1. The van der Waals surface area contributed by atoms with Crippen LogP contribution in [0.3, 0.4) is 0 Å². The lowest BCUT2D eigenvalue weighted by molar-refractivity contribution is -0.384. The Hall–Kier alpha value is -5.18. The van der Waals surface area contributed by atoms with Crippen LogP contribution in [-0.4, -0.2) is 16.7 Å². The molecule has 0 atom stereocenters. The first-order valence-corrected chi connectivity index (χ1v) is 11.3. The van der Waals surface area contributed by atoms with E-state index in [1.54, 1.807) is 24.3 Å². The maximum Gasteiger partial charge on any atom is 0.269 e. The zero-order valence-electron chi connectivity index (χ0n) is 19.9. The van der Waals surface area contributed by atoms with Gasteiger partial charge in [0, 0.05) is 12.1 Å². The van der Waals surface area contributed by atoms with Gasteiger partial charge in [-0.1, -0.05) is 23.8 Å². The van der Waals surface area contributed by atoms with Gasteiger partial charge in [0.25, 0.3) is 17.5 Å². The summed E-state index contributed by atoms with van der Waals surface area (Å²) < 4.78 is 5.76. The van der Waals surface area contributed by atoms with Gasteiger partial charge in [-0.25, -0.2) is 4.90 Å². The third-order valence-electron chi connectivity index (χ3n) is 5.82. The van der Waals surface area contributed by atoms with Gasteiger partial charge in [0.2, 0.25) is 0 Å². The fourth-order valence-corrected chi connectivity index (χ4v) is 3.90. The highest BCUT2D eigenvalue weighted by Gasteiger charge is 2.38. The molecule has 1 aliphatic heterocycles. The number of rotatable bonds is 6. The molecule has 0 unspecified atom stereocenters. The Morgan fingerprint density at radius 2 is 1.38 bits per heavy atom. The lowest BCUT2D eigenvalue weighted by atomic mass is 10.1. The topological polar surface area (TPSA) is 114 Å². The average Bonchev–Trinajstić information content (AvgIpc) is 3.13. The van der Waals surface area contributed by atoms with E-state index < -0.39 is 16.7 Å². The molecule has 1 heterocycles. The number of anilines is 1. The van der Waals surface area contributed by atoms with Crippen molar-refractivity contribution in [3.8, 4) is 11.5 Å². The van der Waals surface area contributed by atoms with E-state index in [1.807, 2.05) is 38.1 Å². The number of imide groups is 1. The van der Waals surface area contributed by atoms with E-state index in [9.17, 15) is 19.7 Å². The van der Waals surface area contributed by atoms with Crippen LogP contribution in [0, 0.1) is 24.0 Å². The number of hydrogen-bond acceptors (Lipinski definition) is 7. The van der Waals surface area contributed by atoms with E-state index in [-0.39, 0.29) is 16.8 Å². The van der Waals surface area contributed by atoms with Gasteiger partial charge in [0.05, 0.1) is 27.4 Å². The molecule has 0 fully saturated rings. The molecule has 0 aromatic heterocycles. The lowest BCUT2D eigenvalue weighted by Crippen LogP contribution is -2.29. The second kappa shape index (κ2) is 9.46. The van der Waals surface area contributed by atoms with Gasteiger partial charge in [-0.05, 0) is 74.0 Å². The number of nitrogens with zero attached hydrogens (tertiary/aromatic N) is 4. The highest BCUT2D eigenvalue weighted by Crippen LogP contribution is 2.38. The van der Waals surface area contributed by atoms with Crippen molar-refractivity contribution < 1.29 is 19.2 Å². The zero-order chi connectivity index (χ0) is 26.1. The Morgan fingerprint density at radius 1 is 0.730 bits per heavy atom. The first-order valence-electron chi connectivity index (χ1n) is 11.3. The van der Waals surface area contributed by atoms with Crippen LogP contribution in [0.4, 0.5) is 22.7 Å². The van der Waals surface area contributed by atoms with Crippen LogP contribution in [-0.2, 0) is 0 Å². The van der Waals surface area contributed by atoms with Gasteiger partial charge in [-0.15, -0.1) is 5.11 Å². The smallest absolute Gasteiger partial charge is 0.269 e. The van der Waals surface area contributed by atoms with Gasteiger partial charge in [-0.3, -0.25) is 19.7 Å². The minimum absolute atomic E-state index is 0.0638. The molecule has 0 N–H and O–H groups in total. The highest BCUT2D eigenvalue weighted by molar-refractivity contribution is 6.35. The Morgan fingerprint density at radius 3 is 2.08 bits per heavy atom. The number of ether oxygens (including phenoxy) is 1. The van der Waals surface area contributed by atoms with Crippen LogP contribution in [0.15, 0.2) is 95.2 Å². The second-order valence-corrected chi connectivity index (χ2v) is 8.53. The summed E-state index contributed by atoms with van der Waals surface area (Å²) in [4.78, 5) is 38.1. The van der Waals surface area contributed by atoms with Crippen LogP contribution in [0.25, 0.3) is 0 Å². The van der Waals surface area contributed by atoms with Crippen LogP contribution in [0.5, 0.6) is 11.5 Å². The molecule has 0 spiro atoms. The van der Waals surface area contributed by atoms with E-state index in [0.717, 1.165) is 16.0 Å². The maximum absolute atomic E-state index is 13.4. The first-order chi connectivity index (χ1) is 17.8. The van der Waals surface area contributed by atoms with E-state index >= 15 is 0 Å². The Bertz CT molecular complexity index is 1580. The molecule has 9 nitrogen and oxygen atoms in total. The quantitative estimate of drug-likeness (QED) is 0.122. The number of hydrogen-bond donors (Lipinski definition) is 0. The lowest BCUT2D eigenvalue weighted by Gasteiger charge is -2.16. The van der Waals surface area contributed by atoms with E-state index in [2.05, 4.69) is 10.2 Å². The number of aryl methyl sites for hydroxylation is 2. The number of carbonyl (C=O) groups is 2. The molecule has 0 saturated carbocycles. The standard InChI is InChI=1S/C28H20N4O5/c1-17-3-6-19(7-4-17)29-30-25-15-18(2)5-14-26(25)31-27(33)23-13-12-22(16-24(23)28(31)34)37-21-10-8-20(9-11-21)32(35)36/h3-16H,1-2H3. The van der Waals surface area contributed by atoms with Crippen molar-refractivity contribution in [2.45, 2.75) is 13.8 Å². The van der Waals surface area contributed by atoms with Crippen molar-refractivity contribution in [2.75, 3.05) is 4.90 Å². The molecular weight excluding hydrogens is 472 g/mol. The zero-order valence-corrected chi connectivity index (χ0v) is 19.9. The third-order valence-corrected chi connectivity index (χ3v) is 5.82. The highest BCUT2D eigenvalue weighted by atomic mass is 16.6. The molecule has 182 valence electrons. The minimum Gasteiger partial charge on any atom is -0.457 e. The molecule has 2 amide bonds. The molecule has 4 aromatic rings. The third kappa shape index (κ3) is 4.70. The van der Waals surface area contributed by atoms with Crippen molar-refractivity contribution in [1.29, 1.82) is 0 Å². The van der Waals surface area contributed by atoms with Crippen molar-refractivity contribution in [2.24, 2.45) is 10.2 Å². The first kappa shape index (κ1) is 23.6. The Kier molecular flexibility index (Phi) is 6.02. The SMILES string of the molecule is Cc1ccc(N=Nc2cc(C)ccc2N2C(=O)c3ccc(Oc4ccc([N+](=O)[O-])cc4)cc3C2=O)cc1. The Labute approximate surface area is 211 Å². The largest absolute Gasteiger partial charge is 0.457 e. The number of nitro groups is 1. The Balaban J connectivity index is 1.44. The number of nitro benzene ring substituents is 1. The van der Waals surface area contributed by atoms with Gasteiger partial charge >= 0.3 is 0 Å². The predicted octanol–water partition coefficient (Wildman–Crippen LogP) is 7.22. The molecule has 0 radical (unpaired) electrons. The summed E-state index contributed by atoms with van der Waals surface area (Å²) in [5.74, 6) is -0.308. The summed E-state index contributed by atoms with van der Waals surface area (Å²) >= 11 is 0. The predicted molar refractivity (Wildman–Crippen MR) is 137 cm³/mol. The molecule has 0 bridgehead atoms. The fourth-order valence-electron chi connectivity index (χ4n) is 3.90. The molecule has 4 aromatic carbocycles. The average molecular weight is 492 g/mol. The number of amides is 2. The van der Waals surface area contributed by atoms with Crippen molar-refractivity contribution in [3.63, 3.8) is 0 Å². The van der Waals surface area contributed by atoms with E-state index in [1.165, 1.54) is 36.4 Å². The fraction of sp³-hybridized carbons (Fsp3) is 0.0714. The normalized spacial score (nSPS) is 12.8. The van der Waals surface area contributed by atoms with Crippen molar-refractivity contribution >= 4 is 34.6 Å². The van der Waals surface area contributed by atoms with Crippen molar-refractivity contribution in [1.82, 2.24) is 0 Å². The molecule has 1 aliphatic rings. The summed E-state index contributed by atoms with van der Waals surface area (Å²) in [6.07, 6.45) is 0. The van der Waals surface area contributed by atoms with E-state index in [0.29, 0.717) is 28.6 Å². The number of non-ortho nitro benzene ring substituents is 1. The van der Waals surface area contributed by atoms with Crippen molar-refractivity contribution in [3.05, 3.63) is 117 Å². The van der Waals surface area contributed by atoms with Crippen LogP contribution >= 0.6 is 0 Å². The number of azo groups is 1. The van der Waals surface area contributed by atoms with Crippen LogP contribution < -0.4 is 9.64 Å².